The monoisotopic (exact) mass is 437 g/mol. The maximum absolute atomic E-state index is 13.9. The molecule has 2 atom stereocenters. The smallest absolute Gasteiger partial charge is 0.253 e. The minimum absolute atomic E-state index is 0. The summed E-state index contributed by atoms with van der Waals surface area (Å²) >= 11 is 0. The highest BCUT2D eigenvalue weighted by Crippen LogP contribution is 2.31. The van der Waals surface area contributed by atoms with Crippen LogP contribution in [0.5, 0.6) is 0 Å². The summed E-state index contributed by atoms with van der Waals surface area (Å²) in [4.78, 5) is 31.3. The minimum atomic E-state index is -0.450. The number of halogens is 1. The average Bonchev–Trinajstić information content (AvgIpc) is 3.57. The Morgan fingerprint density at radius 1 is 1.12 bits per heavy atom. The Balaban J connectivity index is 0.00000259. The van der Waals surface area contributed by atoms with Gasteiger partial charge >= 0.3 is 0 Å². The van der Waals surface area contributed by atoms with Gasteiger partial charge in [-0.1, -0.05) is 6.07 Å². The molecule has 3 aromatic rings. The van der Waals surface area contributed by atoms with Gasteiger partial charge in [0, 0.05) is 37.6 Å². The predicted molar refractivity (Wildman–Crippen MR) is 121 cm³/mol. The molecule has 2 aromatic carbocycles. The van der Waals surface area contributed by atoms with Gasteiger partial charge in [0.05, 0.1) is 0 Å². The second-order valence-electron chi connectivity index (χ2n) is 8.90. The molecular weight excluding hydrogens is 409 g/mol. The molecule has 2 aliphatic carbocycles. The van der Waals surface area contributed by atoms with Gasteiger partial charge in [0.1, 0.15) is 5.52 Å². The molecule has 0 spiro atoms. The van der Waals surface area contributed by atoms with E-state index in [0.29, 0.717) is 22.5 Å². The molecule has 2 aliphatic rings. The zero-order chi connectivity index (χ0) is 22.2. The maximum Gasteiger partial charge on any atom is 0.253 e. The highest BCUT2D eigenvalue weighted by molar-refractivity contribution is 5.94. The Labute approximate surface area is 187 Å². The number of fused-ring (bicyclic) bond motifs is 1. The first-order chi connectivity index (χ1) is 15.5. The van der Waals surface area contributed by atoms with Gasteiger partial charge in [-0.05, 0) is 74.9 Å². The topological polar surface area (TPSA) is 75.4 Å². The number of benzene rings is 2. The van der Waals surface area contributed by atoms with Gasteiger partial charge in [0.15, 0.2) is 11.4 Å². The van der Waals surface area contributed by atoms with Gasteiger partial charge in [-0.2, -0.15) is 0 Å². The van der Waals surface area contributed by atoms with E-state index < -0.39 is 5.82 Å². The molecule has 0 saturated heterocycles. The number of carbonyl (C=O) groups is 2. The van der Waals surface area contributed by atoms with E-state index in [1.165, 1.54) is 6.07 Å². The number of para-hydroxylation sites is 1. The number of nitrogens with one attached hydrogen (secondary N) is 1. The van der Waals surface area contributed by atoms with Crippen molar-refractivity contribution in [3.05, 3.63) is 53.8 Å². The molecule has 6 nitrogen and oxygen atoms in total. The Hall–Kier alpha value is -3.22. The minimum Gasteiger partial charge on any atom is -0.433 e. The second kappa shape index (κ2) is 8.37. The molecule has 5 rings (SSSR count). The van der Waals surface area contributed by atoms with Crippen LogP contribution in [0, 0.1) is 11.7 Å². The predicted octanol–water partition coefficient (Wildman–Crippen LogP) is 4.79. The number of carbonyl (C=O) groups excluding carboxylic acids is 2. The molecule has 0 radical (unpaired) electrons. The van der Waals surface area contributed by atoms with Crippen molar-refractivity contribution in [1.82, 2.24) is 15.2 Å². The van der Waals surface area contributed by atoms with Crippen LogP contribution in [0.2, 0.25) is 0 Å². The number of amides is 2. The number of nitrogens with zero attached hydrogens (tertiary/aromatic N) is 2. The van der Waals surface area contributed by atoms with Crippen molar-refractivity contribution in [2.24, 2.45) is 5.92 Å². The third-order valence-electron chi connectivity index (χ3n) is 6.55. The van der Waals surface area contributed by atoms with Crippen LogP contribution in [0.25, 0.3) is 22.6 Å². The van der Waals surface area contributed by atoms with Gasteiger partial charge in [0.2, 0.25) is 11.8 Å². The molecule has 0 unspecified atom stereocenters. The Kier molecular flexibility index (Phi) is 5.41. The number of oxazole rings is 1. The van der Waals surface area contributed by atoms with Crippen molar-refractivity contribution in [2.45, 2.75) is 50.6 Å². The lowest BCUT2D eigenvalue weighted by atomic mass is 9.89. The van der Waals surface area contributed by atoms with E-state index >= 15 is 0 Å². The fourth-order valence-corrected chi connectivity index (χ4v) is 4.48. The van der Waals surface area contributed by atoms with Crippen molar-refractivity contribution < 1.29 is 19.8 Å². The third kappa shape index (κ3) is 4.11. The molecule has 2 fully saturated rings. The molecule has 2 saturated carbocycles. The van der Waals surface area contributed by atoms with Crippen LogP contribution in [0.1, 0.15) is 50.3 Å². The van der Waals surface area contributed by atoms with Crippen LogP contribution in [0.15, 0.2) is 46.9 Å². The number of hydrogen-bond acceptors (Lipinski definition) is 4. The van der Waals surface area contributed by atoms with Crippen molar-refractivity contribution >= 4 is 22.9 Å². The van der Waals surface area contributed by atoms with Crippen LogP contribution in [-0.4, -0.2) is 40.8 Å². The van der Waals surface area contributed by atoms with Gasteiger partial charge in [-0.15, -0.1) is 0 Å². The van der Waals surface area contributed by atoms with Gasteiger partial charge in [-0.3, -0.25) is 9.59 Å². The second-order valence-corrected chi connectivity index (χ2v) is 8.90. The highest BCUT2D eigenvalue weighted by Gasteiger charge is 2.33. The molecular formula is C25H28FN3O3. The van der Waals surface area contributed by atoms with Crippen molar-refractivity contribution in [3.63, 3.8) is 0 Å². The average molecular weight is 438 g/mol. The molecule has 7 heteroatoms. The van der Waals surface area contributed by atoms with E-state index in [1.54, 1.807) is 41.3 Å². The van der Waals surface area contributed by atoms with Gasteiger partial charge in [-0.25, -0.2) is 9.37 Å². The molecule has 1 heterocycles. The largest absolute Gasteiger partial charge is 0.433 e. The first-order valence-corrected chi connectivity index (χ1v) is 11.2. The van der Waals surface area contributed by atoms with Crippen LogP contribution in [0.3, 0.4) is 0 Å². The molecule has 168 valence electrons. The zero-order valence-electron chi connectivity index (χ0n) is 18.0. The van der Waals surface area contributed by atoms with Gasteiger partial charge < -0.3 is 14.6 Å². The molecule has 0 bridgehead atoms. The summed E-state index contributed by atoms with van der Waals surface area (Å²) in [5, 5.41) is 3.16. The Morgan fingerprint density at radius 2 is 1.91 bits per heavy atom. The lowest BCUT2D eigenvalue weighted by Crippen LogP contribution is -2.46. The van der Waals surface area contributed by atoms with E-state index in [0.717, 1.165) is 38.5 Å². The molecule has 1 aromatic heterocycles. The summed E-state index contributed by atoms with van der Waals surface area (Å²) in [6, 6.07) is 11.9. The number of hydrogen-bond donors (Lipinski definition) is 1. The van der Waals surface area contributed by atoms with Crippen molar-refractivity contribution in [2.75, 3.05) is 7.05 Å². The first-order valence-electron chi connectivity index (χ1n) is 11.2. The Bertz CT molecular complexity index is 1160. The first kappa shape index (κ1) is 20.7. The molecule has 2 amide bonds. The summed E-state index contributed by atoms with van der Waals surface area (Å²) in [5.41, 5.74) is 1.84. The summed E-state index contributed by atoms with van der Waals surface area (Å²) in [6.07, 6.45) is 5.67. The maximum atomic E-state index is 13.9. The fourth-order valence-electron chi connectivity index (χ4n) is 4.48. The number of rotatable bonds is 5. The van der Waals surface area contributed by atoms with E-state index in [9.17, 15) is 14.0 Å². The number of aromatic nitrogens is 1. The third-order valence-corrected chi connectivity index (χ3v) is 6.55. The highest BCUT2D eigenvalue weighted by atomic mass is 19.1. The lowest BCUT2D eigenvalue weighted by molar-refractivity contribution is -0.123. The van der Waals surface area contributed by atoms with E-state index in [2.05, 4.69) is 10.3 Å². The molecule has 1 N–H and O–H groups in total. The van der Waals surface area contributed by atoms with Crippen LogP contribution < -0.4 is 5.32 Å². The van der Waals surface area contributed by atoms with E-state index in [-0.39, 0.29) is 36.8 Å². The zero-order valence-corrected chi connectivity index (χ0v) is 18.0. The summed E-state index contributed by atoms with van der Waals surface area (Å²) < 4.78 is 19.5. The van der Waals surface area contributed by atoms with Crippen LogP contribution >= 0.6 is 0 Å². The van der Waals surface area contributed by atoms with Crippen LogP contribution in [0.4, 0.5) is 4.39 Å². The quantitative estimate of drug-likeness (QED) is 0.623. The van der Waals surface area contributed by atoms with E-state index in [4.69, 9.17) is 4.42 Å². The van der Waals surface area contributed by atoms with E-state index in [1.807, 2.05) is 7.05 Å². The van der Waals surface area contributed by atoms with Gasteiger partial charge in [0.25, 0.3) is 5.91 Å². The van der Waals surface area contributed by atoms with Crippen LogP contribution in [-0.2, 0) is 4.79 Å². The lowest BCUT2D eigenvalue weighted by Gasteiger charge is -2.35. The summed E-state index contributed by atoms with van der Waals surface area (Å²) in [6.45, 7) is 0. The Morgan fingerprint density at radius 3 is 2.62 bits per heavy atom. The molecule has 32 heavy (non-hydrogen) atoms. The van der Waals surface area contributed by atoms with Crippen molar-refractivity contribution in [1.29, 1.82) is 0 Å². The fraction of sp³-hybridized carbons (Fsp3) is 0.400. The standard InChI is InChI=1S/C25H26FN3O3.H2/c1-29(19-5-2-4-18(14-19)27-23(30)15-8-9-15)25(31)17-12-10-16(11-13-17)24-28-21-7-3-6-20(26)22(21)32-24;/h3,6-7,10-13,15,18-19H,2,4-5,8-9,14H2,1H3,(H,27,30);1H/t18-,19+;/m0./s1. The summed E-state index contributed by atoms with van der Waals surface area (Å²) in [5.74, 6) is 0.178. The van der Waals surface area contributed by atoms with Crippen molar-refractivity contribution in [3.8, 4) is 11.5 Å². The molecule has 0 aliphatic heterocycles. The summed E-state index contributed by atoms with van der Waals surface area (Å²) in [7, 11) is 1.83. The normalized spacial score (nSPS) is 20.8. The SMILES string of the molecule is CN(C(=O)c1ccc(-c2nc3cccc(F)c3o2)cc1)[C@@H]1CCC[C@H](NC(=O)C2CC2)C1.[HH].